The molecule has 106 valence electrons. The summed E-state index contributed by atoms with van der Waals surface area (Å²) in [5.74, 6) is 0.803. The maximum atomic E-state index is 12.1. The minimum atomic E-state index is 0.0752. The molecular formula is C15H29NO2. The Morgan fingerprint density at radius 2 is 1.94 bits per heavy atom. The summed E-state index contributed by atoms with van der Waals surface area (Å²) in [4.78, 5) is 14.1. The van der Waals surface area contributed by atoms with Crippen molar-refractivity contribution < 1.29 is 9.90 Å². The van der Waals surface area contributed by atoms with Crippen LogP contribution in [-0.2, 0) is 4.79 Å². The number of carbonyl (C=O) groups excluding carboxylic acids is 1. The monoisotopic (exact) mass is 255 g/mol. The van der Waals surface area contributed by atoms with Crippen LogP contribution < -0.4 is 0 Å². The van der Waals surface area contributed by atoms with Crippen LogP contribution in [0.1, 0.15) is 59.3 Å². The van der Waals surface area contributed by atoms with E-state index in [4.69, 9.17) is 0 Å². The number of aliphatic hydroxyl groups is 1. The van der Waals surface area contributed by atoms with Crippen LogP contribution in [0.15, 0.2) is 0 Å². The van der Waals surface area contributed by atoms with Crippen molar-refractivity contribution in [2.45, 2.75) is 59.3 Å². The van der Waals surface area contributed by atoms with Crippen molar-refractivity contribution >= 4 is 5.91 Å². The molecule has 1 aliphatic rings. The summed E-state index contributed by atoms with van der Waals surface area (Å²) >= 11 is 0. The standard InChI is InChI=1S/C15H29NO2/c1-4-6-13(3)11-14(18)16-9-7-15(5-2,12-17)8-10-16/h13,17H,4-12H2,1-3H3. The zero-order chi connectivity index (χ0) is 13.6. The lowest BCUT2D eigenvalue weighted by molar-refractivity contribution is -0.135. The highest BCUT2D eigenvalue weighted by Gasteiger charge is 2.33. The molecule has 1 atom stereocenters. The highest BCUT2D eigenvalue weighted by molar-refractivity contribution is 5.76. The minimum Gasteiger partial charge on any atom is -0.396 e. The number of nitrogens with zero attached hydrogens (tertiary/aromatic N) is 1. The van der Waals surface area contributed by atoms with E-state index in [2.05, 4.69) is 20.8 Å². The SMILES string of the molecule is CCCC(C)CC(=O)N1CCC(CC)(CO)CC1. The van der Waals surface area contributed by atoms with E-state index in [1.807, 2.05) is 4.90 Å². The van der Waals surface area contributed by atoms with E-state index in [1.54, 1.807) is 0 Å². The number of aliphatic hydroxyl groups excluding tert-OH is 1. The van der Waals surface area contributed by atoms with Gasteiger partial charge in [0.15, 0.2) is 0 Å². The van der Waals surface area contributed by atoms with Crippen molar-refractivity contribution in [3.63, 3.8) is 0 Å². The number of hydrogen-bond donors (Lipinski definition) is 1. The Hall–Kier alpha value is -0.570. The van der Waals surface area contributed by atoms with Gasteiger partial charge in [-0.3, -0.25) is 4.79 Å². The van der Waals surface area contributed by atoms with Crippen LogP contribution in [0.25, 0.3) is 0 Å². The van der Waals surface area contributed by atoms with E-state index in [1.165, 1.54) is 0 Å². The molecule has 1 amide bonds. The molecule has 18 heavy (non-hydrogen) atoms. The summed E-state index contributed by atoms with van der Waals surface area (Å²) in [6.45, 7) is 8.38. The van der Waals surface area contributed by atoms with E-state index in [9.17, 15) is 9.90 Å². The fourth-order valence-electron chi connectivity index (χ4n) is 2.88. The second kappa shape index (κ2) is 7.13. The zero-order valence-electron chi connectivity index (χ0n) is 12.2. The predicted molar refractivity (Wildman–Crippen MR) is 74.3 cm³/mol. The van der Waals surface area contributed by atoms with Crippen LogP contribution in [0.4, 0.5) is 0 Å². The smallest absolute Gasteiger partial charge is 0.222 e. The van der Waals surface area contributed by atoms with Gasteiger partial charge in [0.2, 0.25) is 5.91 Å². The lowest BCUT2D eigenvalue weighted by atomic mass is 9.77. The molecule has 0 aromatic carbocycles. The van der Waals surface area contributed by atoms with Gasteiger partial charge in [-0.15, -0.1) is 0 Å². The van der Waals surface area contributed by atoms with E-state index >= 15 is 0 Å². The summed E-state index contributed by atoms with van der Waals surface area (Å²) in [7, 11) is 0. The summed E-state index contributed by atoms with van der Waals surface area (Å²) in [6.07, 6.45) is 5.89. The summed E-state index contributed by atoms with van der Waals surface area (Å²) in [5, 5.41) is 9.48. The van der Waals surface area contributed by atoms with Gasteiger partial charge in [0.1, 0.15) is 0 Å². The molecule has 1 aliphatic heterocycles. The first-order chi connectivity index (χ1) is 8.56. The second-order valence-electron chi connectivity index (χ2n) is 5.99. The second-order valence-corrected chi connectivity index (χ2v) is 5.99. The number of amides is 1. The van der Waals surface area contributed by atoms with Gasteiger partial charge in [-0.2, -0.15) is 0 Å². The van der Waals surface area contributed by atoms with Crippen LogP contribution in [0.2, 0.25) is 0 Å². The molecule has 0 saturated carbocycles. The molecule has 1 rings (SSSR count). The normalized spacial score (nSPS) is 20.8. The Balaban J connectivity index is 2.40. The highest BCUT2D eigenvalue weighted by Crippen LogP contribution is 2.34. The number of rotatable bonds is 6. The topological polar surface area (TPSA) is 40.5 Å². The Bertz CT molecular complexity index is 251. The van der Waals surface area contributed by atoms with Crippen LogP contribution >= 0.6 is 0 Å². The predicted octanol–water partition coefficient (Wildman–Crippen LogP) is 2.82. The van der Waals surface area contributed by atoms with Crippen molar-refractivity contribution in [3.8, 4) is 0 Å². The van der Waals surface area contributed by atoms with Crippen molar-refractivity contribution in [2.24, 2.45) is 11.3 Å². The molecule has 0 aromatic heterocycles. The summed E-state index contributed by atoms with van der Waals surface area (Å²) < 4.78 is 0. The van der Waals surface area contributed by atoms with Gasteiger partial charge in [-0.1, -0.05) is 33.6 Å². The summed E-state index contributed by atoms with van der Waals surface area (Å²) in [6, 6.07) is 0. The summed E-state index contributed by atoms with van der Waals surface area (Å²) in [5.41, 5.74) is 0.0752. The Labute approximate surface area is 112 Å². The zero-order valence-corrected chi connectivity index (χ0v) is 12.2. The molecule has 0 aromatic rings. The maximum Gasteiger partial charge on any atom is 0.222 e. The van der Waals surface area contributed by atoms with Crippen molar-refractivity contribution in [1.82, 2.24) is 4.90 Å². The van der Waals surface area contributed by atoms with Gasteiger partial charge in [-0.05, 0) is 30.6 Å². The number of likely N-dealkylation sites (tertiary alicyclic amines) is 1. The molecule has 3 heteroatoms. The molecule has 0 radical (unpaired) electrons. The minimum absolute atomic E-state index is 0.0752. The Morgan fingerprint density at radius 1 is 1.33 bits per heavy atom. The van der Waals surface area contributed by atoms with Crippen molar-refractivity contribution in [2.75, 3.05) is 19.7 Å². The first kappa shape index (κ1) is 15.5. The Morgan fingerprint density at radius 3 is 2.39 bits per heavy atom. The number of carbonyl (C=O) groups is 1. The first-order valence-electron chi connectivity index (χ1n) is 7.45. The molecule has 0 bridgehead atoms. The molecule has 0 aliphatic carbocycles. The molecular weight excluding hydrogens is 226 g/mol. The fraction of sp³-hybridized carbons (Fsp3) is 0.933. The van der Waals surface area contributed by atoms with Gasteiger partial charge >= 0.3 is 0 Å². The molecule has 1 fully saturated rings. The molecule has 0 spiro atoms. The highest BCUT2D eigenvalue weighted by atomic mass is 16.3. The average Bonchev–Trinajstić information content (AvgIpc) is 2.39. The van der Waals surface area contributed by atoms with E-state index in [0.29, 0.717) is 18.2 Å². The molecule has 1 heterocycles. The molecule has 1 saturated heterocycles. The maximum absolute atomic E-state index is 12.1. The average molecular weight is 255 g/mol. The number of hydrogen-bond acceptors (Lipinski definition) is 2. The van der Waals surface area contributed by atoms with E-state index in [-0.39, 0.29) is 12.0 Å². The molecule has 1 unspecified atom stereocenters. The third kappa shape index (κ3) is 3.98. The lowest BCUT2D eigenvalue weighted by Crippen LogP contribution is -2.44. The van der Waals surface area contributed by atoms with E-state index < -0.39 is 0 Å². The quantitative estimate of drug-likeness (QED) is 0.793. The van der Waals surface area contributed by atoms with Gasteiger partial charge in [-0.25, -0.2) is 0 Å². The number of piperidine rings is 1. The van der Waals surface area contributed by atoms with Crippen LogP contribution in [-0.4, -0.2) is 35.6 Å². The van der Waals surface area contributed by atoms with Gasteiger partial charge in [0, 0.05) is 26.1 Å². The van der Waals surface area contributed by atoms with Gasteiger partial charge in [0.05, 0.1) is 0 Å². The molecule has 3 nitrogen and oxygen atoms in total. The van der Waals surface area contributed by atoms with Crippen molar-refractivity contribution in [1.29, 1.82) is 0 Å². The van der Waals surface area contributed by atoms with Crippen LogP contribution in [0.5, 0.6) is 0 Å². The fourth-order valence-corrected chi connectivity index (χ4v) is 2.88. The Kier molecular flexibility index (Phi) is 6.13. The lowest BCUT2D eigenvalue weighted by Gasteiger charge is -2.40. The first-order valence-corrected chi connectivity index (χ1v) is 7.45. The van der Waals surface area contributed by atoms with Crippen LogP contribution in [0, 0.1) is 11.3 Å². The van der Waals surface area contributed by atoms with E-state index in [0.717, 1.165) is 45.2 Å². The van der Waals surface area contributed by atoms with Gasteiger partial charge < -0.3 is 10.0 Å². The van der Waals surface area contributed by atoms with Crippen LogP contribution in [0.3, 0.4) is 0 Å². The third-order valence-electron chi connectivity index (χ3n) is 4.57. The van der Waals surface area contributed by atoms with Crippen molar-refractivity contribution in [3.05, 3.63) is 0 Å². The van der Waals surface area contributed by atoms with Gasteiger partial charge in [0.25, 0.3) is 0 Å². The largest absolute Gasteiger partial charge is 0.396 e. The molecule has 1 N–H and O–H groups in total. The third-order valence-corrected chi connectivity index (χ3v) is 4.57.